The SMILES string of the molecule is O=C(Cl)N1c2ccccc2CCc2ccc(Cl)cc21. The predicted octanol–water partition coefficient (Wildman–Crippen LogP) is 4.94. The molecule has 1 amide bonds. The largest absolute Gasteiger partial charge is 0.325 e. The molecule has 0 unspecified atom stereocenters. The molecule has 0 spiro atoms. The molecule has 0 saturated carbocycles. The maximum Gasteiger partial charge on any atom is 0.325 e. The van der Waals surface area contributed by atoms with Gasteiger partial charge in [-0.3, -0.25) is 9.69 Å². The first kappa shape index (κ1) is 12.5. The van der Waals surface area contributed by atoms with Gasteiger partial charge in [0.1, 0.15) is 0 Å². The summed E-state index contributed by atoms with van der Waals surface area (Å²) in [6.45, 7) is 0. The Hall–Kier alpha value is -1.51. The zero-order chi connectivity index (χ0) is 13.4. The molecule has 19 heavy (non-hydrogen) atoms. The van der Waals surface area contributed by atoms with Crippen molar-refractivity contribution in [3.63, 3.8) is 0 Å². The first-order chi connectivity index (χ1) is 9.16. The van der Waals surface area contributed by atoms with Crippen molar-refractivity contribution in [1.82, 2.24) is 0 Å². The number of aryl methyl sites for hydroxylation is 2. The van der Waals surface area contributed by atoms with Crippen LogP contribution in [0.2, 0.25) is 5.02 Å². The molecule has 4 heteroatoms. The average Bonchev–Trinajstić information content (AvgIpc) is 2.54. The Labute approximate surface area is 121 Å². The Bertz CT molecular complexity index is 654. The highest BCUT2D eigenvalue weighted by molar-refractivity contribution is 6.67. The first-order valence-corrected chi connectivity index (χ1v) is 6.78. The van der Waals surface area contributed by atoms with Crippen LogP contribution in [0.4, 0.5) is 16.2 Å². The second kappa shape index (κ2) is 4.87. The third kappa shape index (κ3) is 2.22. The van der Waals surface area contributed by atoms with Crippen molar-refractivity contribution in [2.75, 3.05) is 4.90 Å². The summed E-state index contributed by atoms with van der Waals surface area (Å²) in [4.78, 5) is 13.4. The Kier molecular flexibility index (Phi) is 3.21. The van der Waals surface area contributed by atoms with Crippen molar-refractivity contribution in [1.29, 1.82) is 0 Å². The predicted molar refractivity (Wildman–Crippen MR) is 78.7 cm³/mol. The van der Waals surface area contributed by atoms with Crippen molar-refractivity contribution in [2.45, 2.75) is 12.8 Å². The van der Waals surface area contributed by atoms with Gasteiger partial charge in [-0.1, -0.05) is 35.9 Å². The molecule has 1 aliphatic rings. The highest BCUT2D eigenvalue weighted by atomic mass is 35.5. The van der Waals surface area contributed by atoms with E-state index >= 15 is 0 Å². The van der Waals surface area contributed by atoms with E-state index in [9.17, 15) is 4.79 Å². The van der Waals surface area contributed by atoms with E-state index in [0.717, 1.165) is 35.3 Å². The second-order valence-electron chi connectivity index (χ2n) is 4.49. The van der Waals surface area contributed by atoms with Crippen LogP contribution in [0.3, 0.4) is 0 Å². The molecule has 2 aromatic carbocycles. The van der Waals surface area contributed by atoms with E-state index in [2.05, 4.69) is 0 Å². The van der Waals surface area contributed by atoms with E-state index in [4.69, 9.17) is 23.2 Å². The van der Waals surface area contributed by atoms with Crippen molar-refractivity contribution < 1.29 is 4.79 Å². The van der Waals surface area contributed by atoms with Gasteiger partial charge in [-0.15, -0.1) is 0 Å². The molecule has 2 nitrogen and oxygen atoms in total. The third-order valence-corrected chi connectivity index (χ3v) is 3.76. The smallest absolute Gasteiger partial charge is 0.267 e. The molecule has 0 radical (unpaired) electrons. The number of benzene rings is 2. The lowest BCUT2D eigenvalue weighted by Crippen LogP contribution is -2.20. The molecule has 0 saturated heterocycles. The zero-order valence-electron chi connectivity index (χ0n) is 10.1. The van der Waals surface area contributed by atoms with Crippen LogP contribution in [-0.4, -0.2) is 5.37 Å². The monoisotopic (exact) mass is 291 g/mol. The second-order valence-corrected chi connectivity index (χ2v) is 5.25. The Morgan fingerprint density at radius 2 is 1.68 bits per heavy atom. The van der Waals surface area contributed by atoms with Crippen molar-refractivity contribution >= 4 is 39.9 Å². The van der Waals surface area contributed by atoms with Crippen molar-refractivity contribution in [3.05, 3.63) is 58.6 Å². The number of anilines is 2. The lowest BCUT2D eigenvalue weighted by Gasteiger charge is -2.22. The van der Waals surface area contributed by atoms with Crippen molar-refractivity contribution in [3.8, 4) is 0 Å². The van der Waals surface area contributed by atoms with Gasteiger partial charge in [-0.2, -0.15) is 0 Å². The average molecular weight is 292 g/mol. The maximum absolute atomic E-state index is 11.8. The molecule has 0 atom stereocenters. The summed E-state index contributed by atoms with van der Waals surface area (Å²) in [5, 5.41) is 0.0823. The van der Waals surface area contributed by atoms with Gasteiger partial charge >= 0.3 is 5.37 Å². The van der Waals surface area contributed by atoms with E-state index in [0.29, 0.717) is 5.02 Å². The fourth-order valence-electron chi connectivity index (χ4n) is 2.49. The van der Waals surface area contributed by atoms with E-state index < -0.39 is 5.37 Å². The number of carbonyl (C=O) groups excluding carboxylic acids is 1. The summed E-state index contributed by atoms with van der Waals surface area (Å²) in [5.41, 5.74) is 3.80. The van der Waals surface area contributed by atoms with Gasteiger partial charge in [0, 0.05) is 5.02 Å². The summed E-state index contributed by atoms with van der Waals surface area (Å²) in [6.07, 6.45) is 1.75. The van der Waals surface area contributed by atoms with Crippen LogP contribution in [-0.2, 0) is 12.8 Å². The van der Waals surface area contributed by atoms with Crippen LogP contribution in [0.5, 0.6) is 0 Å². The van der Waals surface area contributed by atoms with Crippen LogP contribution in [0.25, 0.3) is 0 Å². The molecule has 0 aromatic heterocycles. The van der Waals surface area contributed by atoms with Crippen molar-refractivity contribution in [2.24, 2.45) is 0 Å². The van der Waals surface area contributed by atoms with Gasteiger partial charge in [0.05, 0.1) is 11.4 Å². The summed E-state index contributed by atoms with van der Waals surface area (Å²) in [7, 11) is 0. The molecule has 0 N–H and O–H groups in total. The third-order valence-electron chi connectivity index (χ3n) is 3.36. The molecule has 96 valence electrons. The van der Waals surface area contributed by atoms with Crippen LogP contribution in [0, 0.1) is 0 Å². The fraction of sp³-hybridized carbons (Fsp3) is 0.133. The molecular weight excluding hydrogens is 281 g/mol. The molecular formula is C15H11Cl2NO. The lowest BCUT2D eigenvalue weighted by atomic mass is 10.0. The summed E-state index contributed by atoms with van der Waals surface area (Å²) in [5.74, 6) is 0. The van der Waals surface area contributed by atoms with E-state index in [-0.39, 0.29) is 0 Å². The number of amides is 1. The minimum absolute atomic E-state index is 0.516. The number of hydrogen-bond acceptors (Lipinski definition) is 1. The van der Waals surface area contributed by atoms with Gasteiger partial charge in [-0.05, 0) is 53.8 Å². The van der Waals surface area contributed by atoms with Gasteiger partial charge < -0.3 is 0 Å². The Balaban J connectivity index is 2.25. The number of carbonyl (C=O) groups is 1. The molecule has 1 heterocycles. The van der Waals surface area contributed by atoms with Gasteiger partial charge in [0.25, 0.3) is 0 Å². The first-order valence-electron chi connectivity index (χ1n) is 6.03. The summed E-state index contributed by atoms with van der Waals surface area (Å²) >= 11 is 11.8. The van der Waals surface area contributed by atoms with E-state index in [1.807, 2.05) is 36.4 Å². The highest BCUT2D eigenvalue weighted by Gasteiger charge is 2.24. The highest BCUT2D eigenvalue weighted by Crippen LogP contribution is 2.38. The van der Waals surface area contributed by atoms with Gasteiger partial charge in [-0.25, -0.2) is 0 Å². The maximum atomic E-state index is 11.8. The zero-order valence-corrected chi connectivity index (χ0v) is 11.6. The van der Waals surface area contributed by atoms with Gasteiger partial charge in [0.2, 0.25) is 0 Å². The molecule has 0 bridgehead atoms. The number of nitrogens with zero attached hydrogens (tertiary/aromatic N) is 1. The standard InChI is InChI=1S/C15H11Cl2NO/c16-12-8-7-11-6-5-10-3-1-2-4-13(10)18(15(17)19)14(11)9-12/h1-4,7-9H,5-6H2. The number of halogens is 2. The number of hydrogen-bond donors (Lipinski definition) is 0. The minimum Gasteiger partial charge on any atom is -0.267 e. The van der Waals surface area contributed by atoms with E-state index in [1.165, 1.54) is 4.90 Å². The molecule has 0 fully saturated rings. The summed E-state index contributed by atoms with van der Waals surface area (Å²) in [6, 6.07) is 13.4. The fourth-order valence-corrected chi connectivity index (χ4v) is 2.83. The van der Waals surface area contributed by atoms with E-state index in [1.54, 1.807) is 6.07 Å². The molecule has 3 rings (SSSR count). The lowest BCUT2D eigenvalue weighted by molar-refractivity contribution is 0.266. The van der Waals surface area contributed by atoms with Gasteiger partial charge in [0.15, 0.2) is 0 Å². The quantitative estimate of drug-likeness (QED) is 0.497. The topological polar surface area (TPSA) is 20.3 Å². The summed E-state index contributed by atoms with van der Waals surface area (Å²) < 4.78 is 0. The van der Waals surface area contributed by atoms with Crippen LogP contribution in [0.1, 0.15) is 11.1 Å². The number of para-hydroxylation sites is 1. The number of rotatable bonds is 0. The number of fused-ring (bicyclic) bond motifs is 2. The minimum atomic E-state index is -0.516. The van der Waals surface area contributed by atoms with Crippen LogP contribution < -0.4 is 4.90 Å². The molecule has 1 aliphatic heterocycles. The van der Waals surface area contributed by atoms with Crippen LogP contribution in [0.15, 0.2) is 42.5 Å². The Morgan fingerprint density at radius 1 is 1.00 bits per heavy atom. The normalized spacial score (nSPS) is 13.5. The van der Waals surface area contributed by atoms with Crippen LogP contribution >= 0.6 is 23.2 Å². The molecule has 2 aromatic rings. The molecule has 0 aliphatic carbocycles. The Morgan fingerprint density at radius 3 is 2.42 bits per heavy atom.